The van der Waals surface area contributed by atoms with Crippen molar-refractivity contribution in [2.75, 3.05) is 6.61 Å². The predicted octanol–water partition coefficient (Wildman–Crippen LogP) is 2.46. The summed E-state index contributed by atoms with van der Waals surface area (Å²) in [6, 6.07) is 7.89. The van der Waals surface area contributed by atoms with E-state index in [-0.39, 0.29) is 12.0 Å². The first-order valence-corrected chi connectivity index (χ1v) is 6.73. The number of ether oxygens (including phenoxy) is 1. The van der Waals surface area contributed by atoms with Gasteiger partial charge in [0, 0.05) is 12.2 Å². The van der Waals surface area contributed by atoms with Crippen LogP contribution in [0.15, 0.2) is 36.7 Å². The molecule has 2 N–H and O–H groups in total. The Labute approximate surface area is 118 Å². The van der Waals surface area contributed by atoms with Gasteiger partial charge in [0.2, 0.25) is 0 Å². The molecule has 0 bridgehead atoms. The lowest BCUT2D eigenvalue weighted by molar-refractivity contribution is 0.0526. The number of carbonyl (C=O) groups is 1. The Morgan fingerprint density at radius 3 is 2.65 bits per heavy atom. The lowest BCUT2D eigenvalue weighted by Crippen LogP contribution is -2.08. The lowest BCUT2D eigenvalue weighted by atomic mass is 10.1. The topological polar surface area (TPSA) is 70.1 Å². The second-order valence-electron chi connectivity index (χ2n) is 4.50. The first kappa shape index (κ1) is 14.3. The van der Waals surface area contributed by atoms with Gasteiger partial charge in [0.25, 0.3) is 0 Å². The van der Waals surface area contributed by atoms with Gasteiger partial charge in [0.15, 0.2) is 0 Å². The molecule has 0 fully saturated rings. The average molecular weight is 273 g/mol. The molecule has 1 aromatic carbocycles. The van der Waals surface area contributed by atoms with Crippen LogP contribution >= 0.6 is 0 Å². The van der Waals surface area contributed by atoms with Gasteiger partial charge in [-0.2, -0.15) is 5.10 Å². The molecule has 1 aromatic heterocycles. The fourth-order valence-electron chi connectivity index (χ4n) is 1.89. The van der Waals surface area contributed by atoms with Crippen LogP contribution in [0, 0.1) is 0 Å². The second kappa shape index (κ2) is 6.34. The number of hydrogen-bond acceptors (Lipinski definition) is 4. The highest BCUT2D eigenvalue weighted by atomic mass is 16.5. The van der Waals surface area contributed by atoms with Crippen LogP contribution in [0.1, 0.15) is 42.2 Å². The van der Waals surface area contributed by atoms with Crippen molar-refractivity contribution in [3.63, 3.8) is 0 Å². The van der Waals surface area contributed by atoms with E-state index in [0.29, 0.717) is 12.2 Å². The Balaban J connectivity index is 2.18. The van der Waals surface area contributed by atoms with Crippen molar-refractivity contribution >= 4 is 5.97 Å². The van der Waals surface area contributed by atoms with Crippen molar-refractivity contribution in [3.05, 3.63) is 47.8 Å². The van der Waals surface area contributed by atoms with Gasteiger partial charge in [0.05, 0.1) is 24.1 Å². The molecule has 1 atom stereocenters. The van der Waals surface area contributed by atoms with E-state index < -0.39 is 0 Å². The minimum absolute atomic E-state index is 0.0526. The standard InChI is InChI=1S/C15H19N3O2/c1-3-14(16)11-5-7-13(8-6-11)18-10-12(9-17-18)15(19)20-4-2/h5-10,14H,3-4,16H2,1-2H3. The normalized spacial score (nSPS) is 12.2. The summed E-state index contributed by atoms with van der Waals surface area (Å²) in [5, 5.41) is 4.17. The van der Waals surface area contributed by atoms with Crippen LogP contribution in [0.3, 0.4) is 0 Å². The monoisotopic (exact) mass is 273 g/mol. The van der Waals surface area contributed by atoms with Gasteiger partial charge in [-0.25, -0.2) is 9.48 Å². The maximum absolute atomic E-state index is 11.6. The van der Waals surface area contributed by atoms with Crippen molar-refractivity contribution in [2.24, 2.45) is 5.73 Å². The van der Waals surface area contributed by atoms with Crippen molar-refractivity contribution in [1.82, 2.24) is 9.78 Å². The molecule has 0 aliphatic heterocycles. The van der Waals surface area contributed by atoms with E-state index in [2.05, 4.69) is 12.0 Å². The highest BCUT2D eigenvalue weighted by molar-refractivity contribution is 5.88. The molecule has 1 heterocycles. The van der Waals surface area contributed by atoms with Crippen LogP contribution in [0.5, 0.6) is 0 Å². The van der Waals surface area contributed by atoms with Crippen LogP contribution in [-0.4, -0.2) is 22.4 Å². The second-order valence-corrected chi connectivity index (χ2v) is 4.50. The zero-order chi connectivity index (χ0) is 14.5. The maximum atomic E-state index is 11.6. The number of hydrogen-bond donors (Lipinski definition) is 1. The van der Waals surface area contributed by atoms with Gasteiger partial charge in [-0.3, -0.25) is 0 Å². The van der Waals surface area contributed by atoms with Gasteiger partial charge in [0.1, 0.15) is 0 Å². The molecular weight excluding hydrogens is 254 g/mol. The third-order valence-corrected chi connectivity index (χ3v) is 3.12. The number of nitrogens with two attached hydrogens (primary N) is 1. The summed E-state index contributed by atoms with van der Waals surface area (Å²) in [5.41, 5.74) is 8.40. The van der Waals surface area contributed by atoms with Crippen LogP contribution in [0.2, 0.25) is 0 Å². The quantitative estimate of drug-likeness (QED) is 0.849. The van der Waals surface area contributed by atoms with Gasteiger partial charge in [-0.15, -0.1) is 0 Å². The Hall–Kier alpha value is -2.14. The molecule has 2 rings (SSSR count). The van der Waals surface area contributed by atoms with Gasteiger partial charge in [-0.05, 0) is 31.0 Å². The molecule has 0 spiro atoms. The van der Waals surface area contributed by atoms with Gasteiger partial charge in [-0.1, -0.05) is 19.1 Å². The first-order valence-electron chi connectivity index (χ1n) is 6.73. The molecule has 0 saturated carbocycles. The van der Waals surface area contributed by atoms with Crippen molar-refractivity contribution in [1.29, 1.82) is 0 Å². The minimum atomic E-state index is -0.358. The summed E-state index contributed by atoms with van der Waals surface area (Å²) in [4.78, 5) is 11.6. The third-order valence-electron chi connectivity index (χ3n) is 3.12. The summed E-state index contributed by atoms with van der Waals surface area (Å²) in [6.45, 7) is 4.18. The largest absolute Gasteiger partial charge is 0.462 e. The van der Waals surface area contributed by atoms with E-state index in [1.807, 2.05) is 24.3 Å². The molecule has 20 heavy (non-hydrogen) atoms. The van der Waals surface area contributed by atoms with Crippen molar-refractivity contribution in [3.8, 4) is 5.69 Å². The van der Waals surface area contributed by atoms with Crippen molar-refractivity contribution in [2.45, 2.75) is 26.3 Å². The molecule has 106 valence electrons. The Kier molecular flexibility index (Phi) is 4.53. The maximum Gasteiger partial charge on any atom is 0.341 e. The third kappa shape index (κ3) is 3.05. The van der Waals surface area contributed by atoms with Crippen LogP contribution in [0.25, 0.3) is 5.69 Å². The van der Waals surface area contributed by atoms with Gasteiger partial charge >= 0.3 is 5.97 Å². The van der Waals surface area contributed by atoms with Crippen LogP contribution < -0.4 is 5.73 Å². The minimum Gasteiger partial charge on any atom is -0.462 e. The molecule has 0 aliphatic carbocycles. The molecule has 0 amide bonds. The molecular formula is C15H19N3O2. The summed E-state index contributed by atoms with van der Waals surface area (Å²) < 4.78 is 6.58. The smallest absolute Gasteiger partial charge is 0.341 e. The van der Waals surface area contributed by atoms with E-state index in [9.17, 15) is 4.79 Å². The number of rotatable bonds is 5. The molecule has 0 aliphatic rings. The van der Waals surface area contributed by atoms with Crippen LogP contribution in [0.4, 0.5) is 0 Å². The molecule has 1 unspecified atom stereocenters. The molecule has 0 radical (unpaired) electrons. The summed E-state index contributed by atoms with van der Waals surface area (Å²) in [5.74, 6) is -0.358. The lowest BCUT2D eigenvalue weighted by Gasteiger charge is -2.09. The fourth-order valence-corrected chi connectivity index (χ4v) is 1.89. The fraction of sp³-hybridized carbons (Fsp3) is 0.333. The number of benzene rings is 1. The van der Waals surface area contributed by atoms with E-state index in [1.54, 1.807) is 17.8 Å². The number of carbonyl (C=O) groups excluding carboxylic acids is 1. The average Bonchev–Trinajstić information content (AvgIpc) is 2.97. The highest BCUT2D eigenvalue weighted by Gasteiger charge is 2.10. The van der Waals surface area contributed by atoms with Crippen molar-refractivity contribution < 1.29 is 9.53 Å². The molecule has 2 aromatic rings. The number of esters is 1. The zero-order valence-electron chi connectivity index (χ0n) is 11.7. The van der Waals surface area contributed by atoms with Gasteiger partial charge < -0.3 is 10.5 Å². The Morgan fingerprint density at radius 2 is 2.05 bits per heavy atom. The van der Waals surface area contributed by atoms with E-state index in [1.165, 1.54) is 6.20 Å². The number of nitrogens with zero attached hydrogens (tertiary/aromatic N) is 2. The molecule has 5 heteroatoms. The van der Waals surface area contributed by atoms with E-state index in [0.717, 1.165) is 17.7 Å². The SMILES string of the molecule is CCOC(=O)c1cnn(-c2ccc(C(N)CC)cc2)c1. The summed E-state index contributed by atoms with van der Waals surface area (Å²) in [6.07, 6.45) is 4.06. The molecule has 5 nitrogen and oxygen atoms in total. The molecule has 0 saturated heterocycles. The summed E-state index contributed by atoms with van der Waals surface area (Å²) in [7, 11) is 0. The first-order chi connectivity index (χ1) is 9.65. The van der Waals surface area contributed by atoms with E-state index in [4.69, 9.17) is 10.5 Å². The van der Waals surface area contributed by atoms with E-state index >= 15 is 0 Å². The predicted molar refractivity (Wildman–Crippen MR) is 76.7 cm³/mol. The number of aromatic nitrogens is 2. The zero-order valence-corrected chi connectivity index (χ0v) is 11.7. The Bertz CT molecular complexity index is 575. The highest BCUT2D eigenvalue weighted by Crippen LogP contribution is 2.16. The van der Waals surface area contributed by atoms with Crippen LogP contribution in [-0.2, 0) is 4.74 Å². The Morgan fingerprint density at radius 1 is 1.35 bits per heavy atom. The summed E-state index contributed by atoms with van der Waals surface area (Å²) >= 11 is 0.